The lowest BCUT2D eigenvalue weighted by atomic mass is 9.94. The Morgan fingerprint density at radius 3 is 2.15 bits per heavy atom. The Hall–Kier alpha value is -1.14. The van der Waals surface area contributed by atoms with Crippen molar-refractivity contribution in [2.45, 2.75) is 20.3 Å². The highest BCUT2D eigenvalue weighted by Gasteiger charge is 2.29. The van der Waals surface area contributed by atoms with Crippen LogP contribution in [0.1, 0.15) is 20.3 Å². The van der Waals surface area contributed by atoms with Gasteiger partial charge in [0.25, 0.3) is 0 Å². The first kappa shape index (κ1) is 18.9. The van der Waals surface area contributed by atoms with E-state index in [1.54, 1.807) is 25.9 Å². The lowest BCUT2D eigenvalue weighted by Gasteiger charge is -2.27. The summed E-state index contributed by atoms with van der Waals surface area (Å²) in [6.45, 7) is 5.71. The van der Waals surface area contributed by atoms with E-state index in [2.05, 4.69) is 4.90 Å². The van der Waals surface area contributed by atoms with E-state index in [4.69, 9.17) is 9.84 Å². The standard InChI is InChI=1S/C14H28N2O4/c1-11(12(2)14(18)19)13(17)16(9-10-20-5)8-6-7-15(3)4/h11-12H,6-10H2,1-5H3,(H,18,19). The van der Waals surface area contributed by atoms with Crippen molar-refractivity contribution in [3.63, 3.8) is 0 Å². The molecule has 2 atom stereocenters. The van der Waals surface area contributed by atoms with Gasteiger partial charge in [-0.1, -0.05) is 13.8 Å². The molecule has 0 fully saturated rings. The molecule has 0 aliphatic heterocycles. The van der Waals surface area contributed by atoms with Crippen LogP contribution < -0.4 is 0 Å². The van der Waals surface area contributed by atoms with Crippen LogP contribution >= 0.6 is 0 Å². The molecule has 0 heterocycles. The van der Waals surface area contributed by atoms with Gasteiger partial charge in [-0.05, 0) is 27.1 Å². The molecule has 6 nitrogen and oxygen atoms in total. The fourth-order valence-electron chi connectivity index (χ4n) is 1.83. The number of hydrogen-bond acceptors (Lipinski definition) is 4. The van der Waals surface area contributed by atoms with Crippen molar-refractivity contribution < 1.29 is 19.4 Å². The van der Waals surface area contributed by atoms with Gasteiger partial charge in [-0.25, -0.2) is 0 Å². The number of nitrogens with zero attached hydrogens (tertiary/aromatic N) is 2. The molecule has 0 aliphatic carbocycles. The van der Waals surface area contributed by atoms with Crippen LogP contribution in [0.4, 0.5) is 0 Å². The Labute approximate surface area is 121 Å². The lowest BCUT2D eigenvalue weighted by Crippen LogP contribution is -2.42. The van der Waals surface area contributed by atoms with Crippen LogP contribution in [0.25, 0.3) is 0 Å². The SMILES string of the molecule is COCCN(CCCN(C)C)C(=O)C(C)C(C)C(=O)O. The first-order valence-corrected chi connectivity index (χ1v) is 6.96. The van der Waals surface area contributed by atoms with Crippen LogP contribution in [0.5, 0.6) is 0 Å². The Kier molecular flexibility index (Phi) is 9.16. The predicted octanol–water partition coefficient (Wildman–Crippen LogP) is 0.770. The molecule has 0 aromatic carbocycles. The highest BCUT2D eigenvalue weighted by atomic mass is 16.5. The second kappa shape index (κ2) is 9.72. The smallest absolute Gasteiger partial charge is 0.307 e. The molecule has 0 aliphatic rings. The van der Waals surface area contributed by atoms with Crippen molar-refractivity contribution in [2.75, 3.05) is 47.4 Å². The third-order valence-corrected chi connectivity index (χ3v) is 3.44. The van der Waals surface area contributed by atoms with Crippen molar-refractivity contribution in [2.24, 2.45) is 11.8 Å². The number of aliphatic carboxylic acids is 1. The van der Waals surface area contributed by atoms with Gasteiger partial charge in [-0.2, -0.15) is 0 Å². The maximum atomic E-state index is 12.4. The van der Waals surface area contributed by atoms with E-state index in [0.29, 0.717) is 19.7 Å². The first-order chi connectivity index (χ1) is 9.31. The van der Waals surface area contributed by atoms with Gasteiger partial charge in [0.15, 0.2) is 0 Å². The van der Waals surface area contributed by atoms with Crippen LogP contribution in [0, 0.1) is 11.8 Å². The minimum atomic E-state index is -0.939. The van der Waals surface area contributed by atoms with Gasteiger partial charge in [-0.15, -0.1) is 0 Å². The molecular weight excluding hydrogens is 260 g/mol. The molecule has 2 unspecified atom stereocenters. The highest BCUT2D eigenvalue weighted by molar-refractivity contribution is 5.84. The Bertz CT molecular complexity index is 308. The summed E-state index contributed by atoms with van der Waals surface area (Å²) < 4.78 is 5.02. The fourth-order valence-corrected chi connectivity index (χ4v) is 1.83. The van der Waals surface area contributed by atoms with Gasteiger partial charge in [0.2, 0.25) is 5.91 Å². The Balaban J connectivity index is 4.57. The number of hydrogen-bond donors (Lipinski definition) is 1. The van der Waals surface area contributed by atoms with E-state index in [-0.39, 0.29) is 5.91 Å². The third-order valence-electron chi connectivity index (χ3n) is 3.44. The largest absolute Gasteiger partial charge is 0.481 e. The summed E-state index contributed by atoms with van der Waals surface area (Å²) in [6, 6.07) is 0. The van der Waals surface area contributed by atoms with E-state index in [9.17, 15) is 9.59 Å². The summed E-state index contributed by atoms with van der Waals surface area (Å²) in [5, 5.41) is 9.01. The second-order valence-electron chi connectivity index (χ2n) is 5.39. The molecular formula is C14H28N2O4. The van der Waals surface area contributed by atoms with Crippen molar-refractivity contribution >= 4 is 11.9 Å². The van der Waals surface area contributed by atoms with Crippen LogP contribution in [0.3, 0.4) is 0 Å². The zero-order valence-electron chi connectivity index (χ0n) is 13.3. The molecule has 0 rings (SSSR count). The van der Waals surface area contributed by atoms with E-state index in [1.807, 2.05) is 14.1 Å². The number of carboxylic acid groups (broad SMARTS) is 1. The molecule has 0 aromatic rings. The maximum Gasteiger partial charge on any atom is 0.307 e. The van der Waals surface area contributed by atoms with Gasteiger partial charge >= 0.3 is 5.97 Å². The van der Waals surface area contributed by atoms with Crippen molar-refractivity contribution in [3.8, 4) is 0 Å². The summed E-state index contributed by atoms with van der Waals surface area (Å²) in [5.74, 6) is -2.26. The van der Waals surface area contributed by atoms with Crippen LogP contribution in [0.2, 0.25) is 0 Å². The first-order valence-electron chi connectivity index (χ1n) is 6.96. The molecule has 0 saturated carbocycles. The second-order valence-corrected chi connectivity index (χ2v) is 5.39. The van der Waals surface area contributed by atoms with Gasteiger partial charge < -0.3 is 19.6 Å². The summed E-state index contributed by atoms with van der Waals surface area (Å²) >= 11 is 0. The van der Waals surface area contributed by atoms with Gasteiger partial charge in [0.1, 0.15) is 0 Å². The molecule has 0 radical (unpaired) electrons. The predicted molar refractivity (Wildman–Crippen MR) is 77.6 cm³/mol. The minimum Gasteiger partial charge on any atom is -0.481 e. The molecule has 0 saturated heterocycles. The fraction of sp³-hybridized carbons (Fsp3) is 0.857. The number of amides is 1. The van der Waals surface area contributed by atoms with Gasteiger partial charge in [0, 0.05) is 26.1 Å². The molecule has 6 heteroatoms. The average Bonchev–Trinajstić information content (AvgIpc) is 2.39. The van der Waals surface area contributed by atoms with E-state index in [0.717, 1.165) is 13.0 Å². The summed E-state index contributed by atoms with van der Waals surface area (Å²) in [6.07, 6.45) is 0.858. The lowest BCUT2D eigenvalue weighted by molar-refractivity contribution is -0.149. The Morgan fingerprint density at radius 1 is 1.10 bits per heavy atom. The number of ether oxygens (including phenoxy) is 1. The summed E-state index contributed by atoms with van der Waals surface area (Å²) in [5.41, 5.74) is 0. The molecule has 118 valence electrons. The topological polar surface area (TPSA) is 70.1 Å². The maximum absolute atomic E-state index is 12.4. The summed E-state index contributed by atoms with van der Waals surface area (Å²) in [7, 11) is 5.55. The number of carbonyl (C=O) groups excluding carboxylic acids is 1. The molecule has 0 aromatic heterocycles. The minimum absolute atomic E-state index is 0.115. The molecule has 0 bridgehead atoms. The van der Waals surface area contributed by atoms with E-state index >= 15 is 0 Å². The van der Waals surface area contributed by atoms with Crippen LogP contribution in [-0.2, 0) is 14.3 Å². The zero-order chi connectivity index (χ0) is 15.7. The van der Waals surface area contributed by atoms with Crippen LogP contribution in [-0.4, -0.2) is 74.2 Å². The monoisotopic (exact) mass is 288 g/mol. The molecule has 0 spiro atoms. The van der Waals surface area contributed by atoms with Gasteiger partial charge in [0.05, 0.1) is 12.5 Å². The van der Waals surface area contributed by atoms with Crippen LogP contribution in [0.15, 0.2) is 0 Å². The third kappa shape index (κ3) is 6.86. The van der Waals surface area contributed by atoms with Crippen molar-refractivity contribution in [3.05, 3.63) is 0 Å². The van der Waals surface area contributed by atoms with Crippen molar-refractivity contribution in [1.29, 1.82) is 0 Å². The van der Waals surface area contributed by atoms with E-state index < -0.39 is 17.8 Å². The quantitative estimate of drug-likeness (QED) is 0.643. The average molecular weight is 288 g/mol. The zero-order valence-corrected chi connectivity index (χ0v) is 13.3. The van der Waals surface area contributed by atoms with E-state index in [1.165, 1.54) is 0 Å². The molecule has 20 heavy (non-hydrogen) atoms. The number of rotatable bonds is 10. The molecule has 1 amide bonds. The number of carbonyl (C=O) groups is 2. The molecule has 1 N–H and O–H groups in total. The Morgan fingerprint density at radius 2 is 1.70 bits per heavy atom. The van der Waals surface area contributed by atoms with Gasteiger partial charge in [-0.3, -0.25) is 9.59 Å². The highest BCUT2D eigenvalue weighted by Crippen LogP contribution is 2.15. The summed E-state index contributed by atoms with van der Waals surface area (Å²) in [4.78, 5) is 27.1. The number of methoxy groups -OCH3 is 1. The number of carboxylic acids is 1. The normalized spacial score (nSPS) is 14.1. The van der Waals surface area contributed by atoms with Crippen molar-refractivity contribution in [1.82, 2.24) is 9.80 Å².